The number of benzene rings is 1. The smallest absolute Gasteiger partial charge is 0.191 e. The van der Waals surface area contributed by atoms with Gasteiger partial charge in [-0.25, -0.2) is 9.38 Å². The van der Waals surface area contributed by atoms with Gasteiger partial charge in [0.05, 0.1) is 25.4 Å². The minimum Gasteiger partial charge on any atom is -0.378 e. The van der Waals surface area contributed by atoms with E-state index in [2.05, 4.69) is 29.5 Å². The van der Waals surface area contributed by atoms with E-state index in [-0.39, 0.29) is 5.82 Å². The summed E-state index contributed by atoms with van der Waals surface area (Å²) in [6.45, 7) is 11.4. The fourth-order valence-corrected chi connectivity index (χ4v) is 2.70. The van der Waals surface area contributed by atoms with E-state index in [4.69, 9.17) is 4.74 Å². The summed E-state index contributed by atoms with van der Waals surface area (Å²) in [6.07, 6.45) is 1.09. The van der Waals surface area contributed by atoms with E-state index in [9.17, 15) is 4.39 Å². The lowest BCUT2D eigenvalue weighted by Gasteiger charge is -2.29. The Hall–Kier alpha value is -1.82. The van der Waals surface area contributed by atoms with Crippen molar-refractivity contribution in [3.63, 3.8) is 0 Å². The molecular formula is C19H31FN4O. The van der Waals surface area contributed by atoms with Crippen molar-refractivity contribution in [1.82, 2.24) is 10.6 Å². The third-order valence-corrected chi connectivity index (χ3v) is 4.14. The fraction of sp³-hybridized carbons (Fsp3) is 0.632. The molecule has 0 atom stereocenters. The van der Waals surface area contributed by atoms with Crippen LogP contribution in [0.15, 0.2) is 23.2 Å². The number of guanidine groups is 1. The first kappa shape index (κ1) is 19.5. The summed E-state index contributed by atoms with van der Waals surface area (Å²) in [5.41, 5.74) is 1.52. The topological polar surface area (TPSA) is 48.9 Å². The van der Waals surface area contributed by atoms with Gasteiger partial charge in [0, 0.05) is 26.2 Å². The van der Waals surface area contributed by atoms with E-state index in [1.165, 1.54) is 0 Å². The van der Waals surface area contributed by atoms with Gasteiger partial charge in [0.15, 0.2) is 5.96 Å². The molecule has 1 fully saturated rings. The van der Waals surface area contributed by atoms with E-state index in [1.54, 1.807) is 6.07 Å². The van der Waals surface area contributed by atoms with Crippen LogP contribution in [-0.2, 0) is 11.3 Å². The molecule has 1 aliphatic heterocycles. The number of halogens is 1. The third-order valence-electron chi connectivity index (χ3n) is 4.14. The maximum atomic E-state index is 14.4. The van der Waals surface area contributed by atoms with Gasteiger partial charge < -0.3 is 20.3 Å². The molecule has 2 rings (SSSR count). The van der Waals surface area contributed by atoms with Gasteiger partial charge in [0.2, 0.25) is 0 Å². The predicted octanol–water partition coefficient (Wildman–Crippen LogP) is 2.76. The molecule has 140 valence electrons. The zero-order valence-electron chi connectivity index (χ0n) is 15.6. The highest BCUT2D eigenvalue weighted by Crippen LogP contribution is 2.21. The summed E-state index contributed by atoms with van der Waals surface area (Å²) in [4.78, 5) is 6.59. The second-order valence-corrected chi connectivity index (χ2v) is 6.69. The van der Waals surface area contributed by atoms with Crippen LogP contribution in [0.25, 0.3) is 0 Å². The van der Waals surface area contributed by atoms with Crippen molar-refractivity contribution in [3.8, 4) is 0 Å². The molecule has 1 aromatic carbocycles. The molecule has 0 radical (unpaired) electrons. The van der Waals surface area contributed by atoms with Crippen molar-refractivity contribution in [2.75, 3.05) is 44.3 Å². The average Bonchev–Trinajstić information content (AvgIpc) is 2.60. The molecule has 0 amide bonds. The minimum absolute atomic E-state index is 0.188. The number of hydrogen-bond donors (Lipinski definition) is 2. The Balaban J connectivity index is 1.96. The largest absolute Gasteiger partial charge is 0.378 e. The molecule has 0 bridgehead atoms. The average molecular weight is 350 g/mol. The van der Waals surface area contributed by atoms with Gasteiger partial charge in [-0.05, 0) is 37.0 Å². The van der Waals surface area contributed by atoms with Gasteiger partial charge in [0.1, 0.15) is 5.82 Å². The lowest BCUT2D eigenvalue weighted by atomic mass is 10.1. The Bertz CT molecular complexity index is 556. The summed E-state index contributed by atoms with van der Waals surface area (Å²) in [5.74, 6) is 1.24. The third kappa shape index (κ3) is 6.53. The van der Waals surface area contributed by atoms with E-state index in [1.807, 2.05) is 24.0 Å². The van der Waals surface area contributed by atoms with Crippen LogP contribution in [0, 0.1) is 11.7 Å². The Morgan fingerprint density at radius 3 is 2.68 bits per heavy atom. The van der Waals surface area contributed by atoms with Gasteiger partial charge in [-0.2, -0.15) is 0 Å². The van der Waals surface area contributed by atoms with Crippen LogP contribution in [-0.4, -0.2) is 45.4 Å². The van der Waals surface area contributed by atoms with Crippen LogP contribution in [0.3, 0.4) is 0 Å². The van der Waals surface area contributed by atoms with Crippen molar-refractivity contribution in [3.05, 3.63) is 29.6 Å². The van der Waals surface area contributed by atoms with E-state index >= 15 is 0 Å². The zero-order valence-corrected chi connectivity index (χ0v) is 15.6. The molecule has 0 saturated carbocycles. The Labute approximate surface area is 150 Å². The number of nitrogens with zero attached hydrogens (tertiary/aromatic N) is 2. The van der Waals surface area contributed by atoms with Crippen molar-refractivity contribution >= 4 is 11.6 Å². The predicted molar refractivity (Wildman–Crippen MR) is 102 cm³/mol. The molecule has 1 aliphatic rings. The monoisotopic (exact) mass is 350 g/mol. The number of aliphatic imine (C=N–C) groups is 1. The molecule has 0 unspecified atom stereocenters. The first-order valence-corrected chi connectivity index (χ1v) is 9.23. The van der Waals surface area contributed by atoms with E-state index in [0.29, 0.717) is 31.4 Å². The van der Waals surface area contributed by atoms with E-state index < -0.39 is 0 Å². The summed E-state index contributed by atoms with van der Waals surface area (Å²) in [5, 5.41) is 6.55. The second kappa shape index (κ2) is 10.2. The summed E-state index contributed by atoms with van der Waals surface area (Å²) < 4.78 is 19.8. The first-order valence-electron chi connectivity index (χ1n) is 9.23. The number of rotatable bonds is 7. The van der Waals surface area contributed by atoms with Gasteiger partial charge in [0.25, 0.3) is 0 Å². The molecule has 6 heteroatoms. The highest BCUT2D eigenvalue weighted by molar-refractivity contribution is 5.79. The van der Waals surface area contributed by atoms with Gasteiger partial charge in [-0.15, -0.1) is 0 Å². The summed E-state index contributed by atoms with van der Waals surface area (Å²) in [6, 6.07) is 5.39. The Morgan fingerprint density at radius 1 is 1.28 bits per heavy atom. The second-order valence-electron chi connectivity index (χ2n) is 6.69. The molecule has 1 saturated heterocycles. The maximum absolute atomic E-state index is 14.4. The molecule has 1 heterocycles. The zero-order chi connectivity index (χ0) is 18.1. The maximum Gasteiger partial charge on any atom is 0.191 e. The number of hydrogen-bond acceptors (Lipinski definition) is 3. The normalized spacial score (nSPS) is 15.6. The fourth-order valence-electron chi connectivity index (χ4n) is 2.70. The van der Waals surface area contributed by atoms with Gasteiger partial charge in [-0.1, -0.05) is 19.9 Å². The molecule has 2 N–H and O–H groups in total. The van der Waals surface area contributed by atoms with E-state index in [0.717, 1.165) is 44.1 Å². The van der Waals surface area contributed by atoms with Crippen LogP contribution < -0.4 is 15.5 Å². The quantitative estimate of drug-likeness (QED) is 0.586. The first-order chi connectivity index (χ1) is 12.1. The molecule has 1 aromatic rings. The molecule has 25 heavy (non-hydrogen) atoms. The number of nitrogens with one attached hydrogen (secondary N) is 2. The van der Waals surface area contributed by atoms with Crippen LogP contribution in [0.2, 0.25) is 0 Å². The summed E-state index contributed by atoms with van der Waals surface area (Å²) in [7, 11) is 0. The van der Waals surface area contributed by atoms with Crippen LogP contribution >= 0.6 is 0 Å². The van der Waals surface area contributed by atoms with Crippen molar-refractivity contribution in [2.24, 2.45) is 10.9 Å². The SMILES string of the molecule is CCNC(=NCc1ccc(N2CCOCC2)c(F)c1)NCCC(C)C. The number of anilines is 1. The van der Waals surface area contributed by atoms with Crippen LogP contribution in [0.5, 0.6) is 0 Å². The highest BCUT2D eigenvalue weighted by atomic mass is 19.1. The molecule has 5 nitrogen and oxygen atoms in total. The van der Waals surface area contributed by atoms with Crippen molar-refractivity contribution < 1.29 is 9.13 Å². The standard InChI is InChI=1S/C19H31FN4O/c1-4-21-19(22-8-7-15(2)3)23-14-16-5-6-18(17(20)13-16)24-9-11-25-12-10-24/h5-6,13,15H,4,7-12,14H2,1-3H3,(H2,21,22,23). The molecule has 0 aliphatic carbocycles. The number of morpholine rings is 1. The molecular weight excluding hydrogens is 319 g/mol. The van der Waals surface area contributed by atoms with Crippen molar-refractivity contribution in [1.29, 1.82) is 0 Å². The lowest BCUT2D eigenvalue weighted by Crippen LogP contribution is -2.38. The van der Waals surface area contributed by atoms with Gasteiger partial charge in [-0.3, -0.25) is 0 Å². The van der Waals surface area contributed by atoms with Crippen LogP contribution in [0.4, 0.5) is 10.1 Å². The Morgan fingerprint density at radius 2 is 2.04 bits per heavy atom. The van der Waals surface area contributed by atoms with Gasteiger partial charge >= 0.3 is 0 Å². The number of ether oxygens (including phenoxy) is 1. The van der Waals surface area contributed by atoms with Crippen LogP contribution in [0.1, 0.15) is 32.8 Å². The van der Waals surface area contributed by atoms with Crippen molar-refractivity contribution in [2.45, 2.75) is 33.7 Å². The molecule has 0 spiro atoms. The highest BCUT2D eigenvalue weighted by Gasteiger charge is 2.15. The minimum atomic E-state index is -0.188. The molecule has 0 aromatic heterocycles. The summed E-state index contributed by atoms with van der Waals surface area (Å²) >= 11 is 0. The Kier molecular flexibility index (Phi) is 7.98. The lowest BCUT2D eigenvalue weighted by molar-refractivity contribution is 0.122.